The average molecular weight is 260 g/mol. The Balaban J connectivity index is 2.05. The summed E-state index contributed by atoms with van der Waals surface area (Å²) in [4.78, 5) is 16.6. The van der Waals surface area contributed by atoms with Crippen molar-refractivity contribution in [1.82, 2.24) is 9.88 Å². The lowest BCUT2D eigenvalue weighted by Crippen LogP contribution is -2.28. The summed E-state index contributed by atoms with van der Waals surface area (Å²) in [6.45, 7) is 3.26. The number of hydrogen-bond acceptors (Lipinski definition) is 3. The molecule has 1 N–H and O–H groups in total. The number of carbonyl (C=O) groups is 1. The van der Waals surface area contributed by atoms with E-state index in [0.717, 1.165) is 13.0 Å². The van der Waals surface area contributed by atoms with E-state index in [-0.39, 0.29) is 5.97 Å². The minimum absolute atomic E-state index is 0.196. The number of carbonyl (C=O) groups excluding carboxylic acids is 1. The van der Waals surface area contributed by atoms with Crippen molar-refractivity contribution in [3.63, 3.8) is 0 Å². The number of aromatic nitrogens is 1. The minimum atomic E-state index is -0.196. The van der Waals surface area contributed by atoms with Gasteiger partial charge in [-0.2, -0.15) is 0 Å². The Hall–Kier alpha value is -1.81. The highest BCUT2D eigenvalue weighted by atomic mass is 16.5. The predicted octanol–water partition coefficient (Wildman–Crippen LogP) is 2.12. The fourth-order valence-corrected chi connectivity index (χ4v) is 2.32. The van der Waals surface area contributed by atoms with Crippen LogP contribution >= 0.6 is 0 Å². The molecule has 0 aliphatic heterocycles. The van der Waals surface area contributed by atoms with Gasteiger partial charge in [0.25, 0.3) is 0 Å². The van der Waals surface area contributed by atoms with Crippen LogP contribution in [-0.2, 0) is 16.0 Å². The molecule has 0 fully saturated rings. The highest BCUT2D eigenvalue weighted by Gasteiger charge is 2.10. The quantitative estimate of drug-likeness (QED) is 0.838. The molecule has 0 saturated heterocycles. The highest BCUT2D eigenvalue weighted by Crippen LogP contribution is 2.22. The van der Waals surface area contributed by atoms with Gasteiger partial charge in [-0.05, 0) is 32.0 Å². The molecule has 0 aliphatic carbocycles. The van der Waals surface area contributed by atoms with Crippen molar-refractivity contribution in [3.8, 4) is 0 Å². The third-order valence-corrected chi connectivity index (χ3v) is 3.40. The summed E-state index contributed by atoms with van der Waals surface area (Å²) in [6.07, 6.45) is 0.920. The first-order valence-corrected chi connectivity index (χ1v) is 6.43. The molecule has 1 aromatic heterocycles. The lowest BCUT2D eigenvalue weighted by Gasteiger charge is -2.14. The molecule has 0 spiro atoms. The number of likely N-dealkylation sites (N-methyl/N-ethyl adjacent to an activating group) is 1. The lowest BCUT2D eigenvalue weighted by atomic mass is 10.1. The van der Waals surface area contributed by atoms with Crippen molar-refractivity contribution in [2.75, 3.05) is 27.2 Å². The van der Waals surface area contributed by atoms with Crippen molar-refractivity contribution < 1.29 is 9.53 Å². The number of nitrogens with one attached hydrogen (secondary N) is 1. The van der Waals surface area contributed by atoms with Gasteiger partial charge in [0.15, 0.2) is 0 Å². The second kappa shape index (κ2) is 5.89. The first-order valence-electron chi connectivity index (χ1n) is 6.43. The summed E-state index contributed by atoms with van der Waals surface area (Å²) < 4.78 is 4.67. The molecule has 19 heavy (non-hydrogen) atoms. The van der Waals surface area contributed by atoms with Crippen LogP contribution in [-0.4, -0.2) is 43.1 Å². The first-order chi connectivity index (χ1) is 9.11. The van der Waals surface area contributed by atoms with Gasteiger partial charge in [0.1, 0.15) is 0 Å². The molecule has 2 aromatic rings. The van der Waals surface area contributed by atoms with Crippen LogP contribution in [0, 0.1) is 6.92 Å². The topological polar surface area (TPSA) is 45.3 Å². The molecule has 0 amide bonds. The number of hydrogen-bond donors (Lipinski definition) is 1. The maximum absolute atomic E-state index is 11.2. The minimum Gasteiger partial charge on any atom is -0.468 e. The molecule has 2 rings (SSSR count). The Bertz CT molecular complexity index is 575. The molecule has 1 heterocycles. The summed E-state index contributed by atoms with van der Waals surface area (Å²) in [5.41, 5.74) is 3.70. The summed E-state index contributed by atoms with van der Waals surface area (Å²) in [6, 6.07) is 8.31. The van der Waals surface area contributed by atoms with Crippen molar-refractivity contribution >= 4 is 16.9 Å². The number of H-pyrrole nitrogens is 1. The monoisotopic (exact) mass is 260 g/mol. The van der Waals surface area contributed by atoms with Crippen LogP contribution in [0.4, 0.5) is 0 Å². The van der Waals surface area contributed by atoms with E-state index in [2.05, 4.69) is 34.8 Å². The Kier molecular flexibility index (Phi) is 4.22. The van der Waals surface area contributed by atoms with E-state index in [4.69, 9.17) is 0 Å². The lowest BCUT2D eigenvalue weighted by molar-refractivity contribution is -0.141. The SMILES string of the molecule is COC(=O)CN(C)CCc1c(C)[nH]c2ccccc12. The van der Waals surface area contributed by atoms with Gasteiger partial charge in [0.2, 0.25) is 0 Å². The molecule has 4 heteroatoms. The van der Waals surface area contributed by atoms with Crippen LogP contribution in [0.25, 0.3) is 10.9 Å². The van der Waals surface area contributed by atoms with Crippen LogP contribution < -0.4 is 0 Å². The zero-order valence-corrected chi connectivity index (χ0v) is 11.7. The summed E-state index contributed by atoms with van der Waals surface area (Å²) in [5, 5.41) is 1.27. The molecule has 0 aliphatic rings. The fourth-order valence-electron chi connectivity index (χ4n) is 2.32. The number of aryl methyl sites for hydroxylation is 1. The van der Waals surface area contributed by atoms with Gasteiger partial charge in [-0.1, -0.05) is 18.2 Å². The summed E-state index contributed by atoms with van der Waals surface area (Å²) in [7, 11) is 3.35. The van der Waals surface area contributed by atoms with Crippen LogP contribution in [0.1, 0.15) is 11.3 Å². The van der Waals surface area contributed by atoms with Gasteiger partial charge in [-0.15, -0.1) is 0 Å². The number of methoxy groups -OCH3 is 1. The number of aromatic amines is 1. The molecule has 0 bridgehead atoms. The van der Waals surface area contributed by atoms with E-state index < -0.39 is 0 Å². The third-order valence-electron chi connectivity index (χ3n) is 3.40. The van der Waals surface area contributed by atoms with Gasteiger partial charge in [0.05, 0.1) is 13.7 Å². The zero-order chi connectivity index (χ0) is 13.8. The van der Waals surface area contributed by atoms with Crippen LogP contribution in [0.15, 0.2) is 24.3 Å². The first kappa shape index (κ1) is 13.6. The van der Waals surface area contributed by atoms with E-state index in [9.17, 15) is 4.79 Å². The van der Waals surface area contributed by atoms with Crippen LogP contribution in [0.2, 0.25) is 0 Å². The summed E-state index contributed by atoms with van der Waals surface area (Å²) >= 11 is 0. The molecule has 0 radical (unpaired) electrons. The van der Waals surface area contributed by atoms with E-state index in [0.29, 0.717) is 6.54 Å². The Morgan fingerprint density at radius 3 is 2.84 bits per heavy atom. The van der Waals surface area contributed by atoms with Crippen molar-refractivity contribution in [2.45, 2.75) is 13.3 Å². The Morgan fingerprint density at radius 1 is 1.37 bits per heavy atom. The van der Waals surface area contributed by atoms with E-state index >= 15 is 0 Å². The second-order valence-corrected chi connectivity index (χ2v) is 4.84. The third kappa shape index (κ3) is 3.15. The van der Waals surface area contributed by atoms with E-state index in [1.165, 1.54) is 29.3 Å². The standard InChI is InChI=1S/C15H20N2O2/c1-11-12(8-9-17(2)10-15(18)19-3)13-6-4-5-7-14(13)16-11/h4-7,16H,8-10H2,1-3H3. The number of benzene rings is 1. The maximum Gasteiger partial charge on any atom is 0.319 e. The Morgan fingerprint density at radius 2 is 2.11 bits per heavy atom. The van der Waals surface area contributed by atoms with Gasteiger partial charge in [-0.3, -0.25) is 9.69 Å². The van der Waals surface area contributed by atoms with Gasteiger partial charge in [0, 0.05) is 23.1 Å². The molecule has 0 saturated carbocycles. The zero-order valence-electron chi connectivity index (χ0n) is 11.7. The number of nitrogens with zero attached hydrogens (tertiary/aromatic N) is 1. The van der Waals surface area contributed by atoms with Crippen molar-refractivity contribution in [3.05, 3.63) is 35.5 Å². The normalized spacial score (nSPS) is 11.2. The maximum atomic E-state index is 11.2. The predicted molar refractivity (Wildman–Crippen MR) is 76.3 cm³/mol. The highest BCUT2D eigenvalue weighted by molar-refractivity contribution is 5.84. The molecule has 102 valence electrons. The molecule has 4 nitrogen and oxygen atoms in total. The van der Waals surface area contributed by atoms with E-state index in [1.807, 2.05) is 18.0 Å². The van der Waals surface area contributed by atoms with Crippen LogP contribution in [0.5, 0.6) is 0 Å². The van der Waals surface area contributed by atoms with Crippen molar-refractivity contribution in [2.24, 2.45) is 0 Å². The average Bonchev–Trinajstić information content (AvgIpc) is 2.71. The Labute approximate surface area is 113 Å². The molecular formula is C15H20N2O2. The number of esters is 1. The number of ether oxygens (including phenoxy) is 1. The van der Waals surface area contributed by atoms with E-state index in [1.54, 1.807) is 0 Å². The van der Waals surface area contributed by atoms with Gasteiger partial charge in [-0.25, -0.2) is 0 Å². The van der Waals surface area contributed by atoms with Gasteiger partial charge < -0.3 is 9.72 Å². The molecule has 1 aromatic carbocycles. The number of para-hydroxylation sites is 1. The molecule has 0 unspecified atom stereocenters. The molecular weight excluding hydrogens is 240 g/mol. The second-order valence-electron chi connectivity index (χ2n) is 4.84. The summed E-state index contributed by atoms with van der Waals surface area (Å²) in [5.74, 6) is -0.196. The number of fused-ring (bicyclic) bond motifs is 1. The number of rotatable bonds is 5. The largest absolute Gasteiger partial charge is 0.468 e. The fraction of sp³-hybridized carbons (Fsp3) is 0.400. The smallest absolute Gasteiger partial charge is 0.319 e. The van der Waals surface area contributed by atoms with Crippen molar-refractivity contribution in [1.29, 1.82) is 0 Å². The van der Waals surface area contributed by atoms with Crippen LogP contribution in [0.3, 0.4) is 0 Å². The molecule has 0 atom stereocenters. The van der Waals surface area contributed by atoms with Gasteiger partial charge >= 0.3 is 5.97 Å².